The van der Waals surface area contributed by atoms with E-state index in [0.717, 1.165) is 12.1 Å². The van der Waals surface area contributed by atoms with Crippen molar-refractivity contribution in [3.63, 3.8) is 0 Å². The van der Waals surface area contributed by atoms with Crippen molar-refractivity contribution in [3.05, 3.63) is 73.5 Å². The number of nitrogens with zero attached hydrogens (tertiary/aromatic N) is 3. The van der Waals surface area contributed by atoms with Crippen LogP contribution >= 0.6 is 0 Å². The second-order valence-corrected chi connectivity index (χ2v) is 5.53. The molecule has 1 rings (SSSR count). The summed E-state index contributed by atoms with van der Waals surface area (Å²) in [6, 6.07) is 5.03. The third kappa shape index (κ3) is 6.38. The second kappa shape index (κ2) is 10.2. The number of rotatable bonds is 8. The van der Waals surface area contributed by atoms with E-state index in [4.69, 9.17) is 10.00 Å². The lowest BCUT2D eigenvalue weighted by Crippen LogP contribution is -2.06. The van der Waals surface area contributed by atoms with E-state index in [2.05, 4.69) is 5.32 Å². The Bertz CT molecular complexity index is 924. The van der Waals surface area contributed by atoms with E-state index in [0.29, 0.717) is 11.1 Å². The number of ether oxygens (including phenoxy) is 1. The van der Waals surface area contributed by atoms with Crippen molar-refractivity contribution < 1.29 is 19.4 Å². The Balaban J connectivity index is 3.05. The zero-order chi connectivity index (χ0) is 21.3. The van der Waals surface area contributed by atoms with Crippen LogP contribution in [0.3, 0.4) is 0 Å². The van der Waals surface area contributed by atoms with E-state index in [-0.39, 0.29) is 23.6 Å². The van der Waals surface area contributed by atoms with Gasteiger partial charge in [-0.05, 0) is 44.1 Å². The predicted molar refractivity (Wildman–Crippen MR) is 101 cm³/mol. The highest BCUT2D eigenvalue weighted by Gasteiger charge is 2.18. The van der Waals surface area contributed by atoms with E-state index in [1.54, 1.807) is 32.9 Å². The minimum Gasteiger partial charge on any atom is -0.462 e. The molecule has 0 saturated heterocycles. The molecular weight excluding hydrogens is 368 g/mol. The zero-order valence-electron chi connectivity index (χ0n) is 15.5. The fourth-order valence-corrected chi connectivity index (χ4v) is 2.11. The van der Waals surface area contributed by atoms with Gasteiger partial charge in [0, 0.05) is 12.3 Å². The van der Waals surface area contributed by atoms with Crippen LogP contribution in [-0.4, -0.2) is 22.4 Å². The smallest absolute Gasteiger partial charge is 0.348 e. The number of hydrogen-bond donors (Lipinski definition) is 1. The maximum absolute atomic E-state index is 11.6. The van der Waals surface area contributed by atoms with E-state index in [1.807, 2.05) is 0 Å². The molecule has 146 valence electrons. The fraction of sp³-hybridized carbons (Fsp3) is 0.222. The van der Waals surface area contributed by atoms with Crippen molar-refractivity contribution in [1.82, 2.24) is 0 Å². The van der Waals surface area contributed by atoms with Gasteiger partial charge in [-0.1, -0.05) is 6.08 Å². The molecule has 0 aliphatic heterocycles. The van der Waals surface area contributed by atoms with Gasteiger partial charge in [-0.3, -0.25) is 20.2 Å². The quantitative estimate of drug-likeness (QED) is 0.177. The van der Waals surface area contributed by atoms with Gasteiger partial charge in [0.25, 0.3) is 11.4 Å². The molecule has 1 aromatic rings. The van der Waals surface area contributed by atoms with Crippen LogP contribution in [0.2, 0.25) is 0 Å². The molecule has 0 aromatic heterocycles. The number of carbonyl (C=O) groups is 1. The van der Waals surface area contributed by atoms with Crippen LogP contribution in [0.1, 0.15) is 20.8 Å². The molecule has 28 heavy (non-hydrogen) atoms. The van der Waals surface area contributed by atoms with Crippen LogP contribution < -0.4 is 5.32 Å². The molecule has 0 heterocycles. The fourth-order valence-electron chi connectivity index (χ4n) is 2.11. The predicted octanol–water partition coefficient (Wildman–Crippen LogP) is 3.78. The number of anilines is 1. The van der Waals surface area contributed by atoms with E-state index in [9.17, 15) is 25.0 Å². The van der Waals surface area contributed by atoms with E-state index >= 15 is 0 Å². The minimum absolute atomic E-state index is 0.0841. The maximum atomic E-state index is 11.6. The number of nitro groups is 2. The number of hydrogen-bond acceptors (Lipinski definition) is 8. The highest BCUT2D eigenvalue weighted by atomic mass is 16.6. The lowest BCUT2D eigenvalue weighted by Gasteiger charge is -2.04. The molecular formula is C18H18N4O6. The summed E-state index contributed by atoms with van der Waals surface area (Å²) in [5.41, 5.74) is 0.318. The molecule has 0 aliphatic rings. The van der Waals surface area contributed by atoms with Gasteiger partial charge in [-0.15, -0.1) is 0 Å². The number of esters is 1. The Kier molecular flexibility index (Phi) is 8.05. The number of allylic oxidation sites excluding steroid dienone is 4. The summed E-state index contributed by atoms with van der Waals surface area (Å²) in [7, 11) is 0. The number of non-ortho nitro benzene ring substituents is 1. The molecule has 1 aromatic carbocycles. The lowest BCUT2D eigenvalue weighted by atomic mass is 10.1. The van der Waals surface area contributed by atoms with E-state index in [1.165, 1.54) is 18.3 Å². The molecule has 0 saturated carbocycles. The summed E-state index contributed by atoms with van der Waals surface area (Å²) >= 11 is 0. The molecule has 0 bridgehead atoms. The lowest BCUT2D eigenvalue weighted by molar-refractivity contribution is -0.393. The van der Waals surface area contributed by atoms with Crippen molar-refractivity contribution in [2.75, 3.05) is 11.9 Å². The van der Waals surface area contributed by atoms with Crippen molar-refractivity contribution in [3.8, 4) is 6.07 Å². The summed E-state index contributed by atoms with van der Waals surface area (Å²) in [5.74, 6) is -0.723. The molecule has 0 spiro atoms. The number of benzene rings is 1. The second-order valence-electron chi connectivity index (χ2n) is 5.53. The molecule has 0 amide bonds. The van der Waals surface area contributed by atoms with Gasteiger partial charge in [-0.2, -0.15) is 5.26 Å². The molecule has 0 aliphatic carbocycles. The number of nitro benzene ring substituents is 2. The zero-order valence-corrected chi connectivity index (χ0v) is 15.5. The van der Waals surface area contributed by atoms with Gasteiger partial charge < -0.3 is 10.1 Å². The molecule has 0 fully saturated rings. The molecule has 0 radical (unpaired) electrons. The van der Waals surface area contributed by atoms with Crippen molar-refractivity contribution >= 4 is 23.0 Å². The highest BCUT2D eigenvalue weighted by molar-refractivity contribution is 5.93. The van der Waals surface area contributed by atoms with Crippen LogP contribution in [0.15, 0.2) is 53.3 Å². The molecule has 0 unspecified atom stereocenters. The molecule has 10 heteroatoms. The first-order valence-electron chi connectivity index (χ1n) is 8.03. The van der Waals surface area contributed by atoms with Crippen LogP contribution in [0.4, 0.5) is 17.1 Å². The van der Waals surface area contributed by atoms with Gasteiger partial charge >= 0.3 is 5.97 Å². The Morgan fingerprint density at radius 2 is 1.89 bits per heavy atom. The Morgan fingerprint density at radius 1 is 1.21 bits per heavy atom. The molecule has 10 nitrogen and oxygen atoms in total. The summed E-state index contributed by atoms with van der Waals surface area (Å²) in [6.45, 7) is 5.14. The summed E-state index contributed by atoms with van der Waals surface area (Å²) in [5, 5.41) is 33.6. The monoisotopic (exact) mass is 386 g/mol. The van der Waals surface area contributed by atoms with Crippen molar-refractivity contribution in [1.29, 1.82) is 5.26 Å². The van der Waals surface area contributed by atoms with Gasteiger partial charge in [0.1, 0.15) is 17.3 Å². The van der Waals surface area contributed by atoms with Crippen molar-refractivity contribution in [2.24, 2.45) is 0 Å². The third-order valence-corrected chi connectivity index (χ3v) is 3.29. The summed E-state index contributed by atoms with van der Waals surface area (Å²) in [6.07, 6.45) is 4.46. The van der Waals surface area contributed by atoms with Gasteiger partial charge in [0.05, 0.1) is 22.5 Å². The van der Waals surface area contributed by atoms with Gasteiger partial charge in [0.2, 0.25) is 0 Å². The first kappa shape index (κ1) is 22.0. The number of nitrogens with one attached hydrogen (secondary N) is 1. The van der Waals surface area contributed by atoms with Crippen molar-refractivity contribution in [2.45, 2.75) is 20.8 Å². The summed E-state index contributed by atoms with van der Waals surface area (Å²) in [4.78, 5) is 32.0. The minimum atomic E-state index is -0.723. The first-order valence-corrected chi connectivity index (χ1v) is 8.03. The number of nitriles is 1. The third-order valence-electron chi connectivity index (χ3n) is 3.29. The van der Waals surface area contributed by atoms with Crippen LogP contribution in [0.25, 0.3) is 0 Å². The largest absolute Gasteiger partial charge is 0.462 e. The van der Waals surface area contributed by atoms with E-state index < -0.39 is 21.5 Å². The first-order chi connectivity index (χ1) is 13.2. The Morgan fingerprint density at radius 3 is 2.43 bits per heavy atom. The topological polar surface area (TPSA) is 148 Å². The number of carbonyl (C=O) groups excluding carboxylic acids is 1. The van der Waals surface area contributed by atoms with Crippen LogP contribution in [0.5, 0.6) is 0 Å². The average Bonchev–Trinajstić information content (AvgIpc) is 2.64. The standard InChI is InChI=1S/C18H18N4O6/c1-4-28-18(23)14(10-19)8-12(2)7-13(3)11-20-16-6-5-15(21(24)25)9-17(16)22(26)27/h5-9,11,20H,4H2,1-3H3/b12-7+,13-11-,14-8-. The normalized spacial score (nSPS) is 12.1. The Hall–Kier alpha value is -4.00. The maximum Gasteiger partial charge on any atom is 0.348 e. The highest BCUT2D eigenvalue weighted by Crippen LogP contribution is 2.29. The van der Waals surface area contributed by atoms with Crippen LogP contribution in [0, 0.1) is 31.6 Å². The molecule has 0 atom stereocenters. The summed E-state index contributed by atoms with van der Waals surface area (Å²) < 4.78 is 4.77. The van der Waals surface area contributed by atoms with Gasteiger partial charge in [-0.25, -0.2) is 4.79 Å². The average molecular weight is 386 g/mol. The van der Waals surface area contributed by atoms with Gasteiger partial charge in [0.15, 0.2) is 0 Å². The van der Waals surface area contributed by atoms with Crippen LogP contribution in [-0.2, 0) is 9.53 Å². The Labute approximate surface area is 160 Å². The SMILES string of the molecule is CCOC(=O)\C(C#N)=C/C(C)=C/C(C)=C\Nc1ccc([N+](=O)[O-])cc1[N+](=O)[O-]. The molecule has 1 N–H and O–H groups in total.